The lowest BCUT2D eigenvalue weighted by atomic mass is 9.75. The number of carboxylic acid groups (broad SMARTS) is 1. The molecule has 124 valence electrons. The Morgan fingerprint density at radius 1 is 1.42 bits per heavy atom. The van der Waals surface area contributed by atoms with Crippen molar-refractivity contribution in [3.8, 4) is 11.4 Å². The third kappa shape index (κ3) is 1.95. The van der Waals surface area contributed by atoms with Gasteiger partial charge in [0.05, 0.1) is 4.47 Å². The molecule has 6 nitrogen and oxygen atoms in total. The Balaban J connectivity index is 2.06. The van der Waals surface area contributed by atoms with Gasteiger partial charge in [0, 0.05) is 18.7 Å². The van der Waals surface area contributed by atoms with E-state index in [9.17, 15) is 19.1 Å². The minimum absolute atomic E-state index is 0.00728. The third-order valence-electron chi connectivity index (χ3n) is 4.81. The van der Waals surface area contributed by atoms with E-state index in [2.05, 4.69) is 26.2 Å². The van der Waals surface area contributed by atoms with E-state index in [0.29, 0.717) is 11.4 Å². The van der Waals surface area contributed by atoms with Gasteiger partial charge in [-0.2, -0.15) is 0 Å². The van der Waals surface area contributed by atoms with Gasteiger partial charge in [0.15, 0.2) is 5.69 Å². The maximum Gasteiger partial charge on any atom is 0.356 e. The molecule has 0 saturated heterocycles. The summed E-state index contributed by atoms with van der Waals surface area (Å²) >= 11 is 3.17. The van der Waals surface area contributed by atoms with E-state index in [1.807, 2.05) is 0 Å². The van der Waals surface area contributed by atoms with Crippen LogP contribution in [0.4, 0.5) is 4.39 Å². The first kappa shape index (κ1) is 15.3. The number of carbonyl (C=O) groups excluding carboxylic acids is 1. The molecule has 2 bridgehead atoms. The molecular weight excluding hydrogens is 381 g/mol. The first-order valence-corrected chi connectivity index (χ1v) is 8.28. The molecule has 2 N–H and O–H groups in total. The molecule has 8 heteroatoms. The molecule has 1 aromatic carbocycles. The number of rotatable bonds is 2. The monoisotopic (exact) mass is 393 g/mol. The number of aromatic nitrogens is 2. The Bertz CT molecular complexity index is 902. The van der Waals surface area contributed by atoms with Crippen LogP contribution >= 0.6 is 15.9 Å². The molecule has 1 amide bonds. The van der Waals surface area contributed by atoms with Crippen molar-refractivity contribution in [1.82, 2.24) is 14.9 Å². The summed E-state index contributed by atoms with van der Waals surface area (Å²) in [6.45, 7) is 0. The number of aromatic carboxylic acids is 1. The SMILES string of the molecule is CNC(=O)c1c(C(=O)O)nc2n1C1CC(C1)c1cc(F)c(Br)cc1-2. The number of amides is 1. The number of imidazole rings is 1. The van der Waals surface area contributed by atoms with Crippen molar-refractivity contribution in [2.45, 2.75) is 24.8 Å². The normalized spacial score (nSPS) is 20.5. The van der Waals surface area contributed by atoms with Crippen LogP contribution in [0.2, 0.25) is 0 Å². The topological polar surface area (TPSA) is 84.2 Å². The lowest BCUT2D eigenvalue weighted by Gasteiger charge is -2.35. The maximum atomic E-state index is 14.0. The summed E-state index contributed by atoms with van der Waals surface area (Å²) in [6, 6.07) is 3.08. The Morgan fingerprint density at radius 3 is 2.75 bits per heavy atom. The fourth-order valence-corrected chi connectivity index (χ4v) is 3.95. The lowest BCUT2D eigenvalue weighted by Crippen LogP contribution is -2.30. The number of benzene rings is 1. The van der Waals surface area contributed by atoms with Crippen LogP contribution in [0, 0.1) is 5.82 Å². The highest BCUT2D eigenvalue weighted by atomic mass is 79.9. The number of carboxylic acids is 1. The van der Waals surface area contributed by atoms with Gasteiger partial charge in [-0.25, -0.2) is 14.2 Å². The fourth-order valence-electron chi connectivity index (χ4n) is 3.61. The van der Waals surface area contributed by atoms with Crippen molar-refractivity contribution in [2.75, 3.05) is 7.05 Å². The van der Waals surface area contributed by atoms with Crippen LogP contribution in [-0.4, -0.2) is 33.6 Å². The highest BCUT2D eigenvalue weighted by molar-refractivity contribution is 9.10. The Morgan fingerprint density at radius 2 is 2.12 bits per heavy atom. The van der Waals surface area contributed by atoms with E-state index >= 15 is 0 Å². The zero-order valence-corrected chi connectivity index (χ0v) is 14.2. The predicted octanol–water partition coefficient (Wildman–Crippen LogP) is 2.94. The number of hydrogen-bond acceptors (Lipinski definition) is 3. The summed E-state index contributed by atoms with van der Waals surface area (Å²) < 4.78 is 16.0. The highest BCUT2D eigenvalue weighted by Gasteiger charge is 2.42. The first-order valence-electron chi connectivity index (χ1n) is 7.49. The number of nitrogens with one attached hydrogen (secondary N) is 1. The van der Waals surface area contributed by atoms with Crippen LogP contribution in [0.5, 0.6) is 0 Å². The third-order valence-corrected chi connectivity index (χ3v) is 5.42. The average Bonchev–Trinajstić information content (AvgIpc) is 2.78. The molecule has 1 aliphatic carbocycles. The van der Waals surface area contributed by atoms with Crippen molar-refractivity contribution in [1.29, 1.82) is 0 Å². The molecule has 3 heterocycles. The summed E-state index contributed by atoms with van der Waals surface area (Å²) in [4.78, 5) is 28.1. The highest BCUT2D eigenvalue weighted by Crippen LogP contribution is 2.53. The van der Waals surface area contributed by atoms with Gasteiger partial charge in [0.25, 0.3) is 5.91 Å². The van der Waals surface area contributed by atoms with Crippen LogP contribution in [0.15, 0.2) is 16.6 Å². The van der Waals surface area contributed by atoms with Crippen molar-refractivity contribution in [3.63, 3.8) is 0 Å². The molecule has 0 spiro atoms. The van der Waals surface area contributed by atoms with E-state index in [4.69, 9.17) is 0 Å². The van der Waals surface area contributed by atoms with Crippen LogP contribution in [-0.2, 0) is 0 Å². The standard InChI is InChI=1S/C16H13BrFN3O3/c1-19-15(22)13-12(16(23)24)20-14-9-4-10(17)11(18)5-8(9)6-2-7(3-6)21(13)14/h4-7H,2-3H2,1H3,(H,19,22)(H,23,24). The number of halogens is 2. The van der Waals surface area contributed by atoms with E-state index < -0.39 is 11.9 Å². The summed E-state index contributed by atoms with van der Waals surface area (Å²) in [5.41, 5.74) is 1.26. The van der Waals surface area contributed by atoms with Crippen molar-refractivity contribution in [2.24, 2.45) is 0 Å². The van der Waals surface area contributed by atoms with Gasteiger partial charge in [0.2, 0.25) is 0 Å². The summed E-state index contributed by atoms with van der Waals surface area (Å²) in [7, 11) is 1.45. The van der Waals surface area contributed by atoms with E-state index in [-0.39, 0.29) is 33.6 Å². The van der Waals surface area contributed by atoms with Gasteiger partial charge >= 0.3 is 5.97 Å². The second-order valence-corrected chi connectivity index (χ2v) is 6.92. The minimum Gasteiger partial charge on any atom is -0.476 e. The Kier molecular flexibility index (Phi) is 3.28. The molecule has 3 aliphatic rings. The molecule has 1 saturated carbocycles. The number of nitrogens with zero attached hydrogens (tertiary/aromatic N) is 2. The van der Waals surface area contributed by atoms with Crippen molar-refractivity contribution < 1.29 is 19.1 Å². The molecule has 2 aliphatic heterocycles. The molecule has 2 aromatic rings. The van der Waals surface area contributed by atoms with Crippen molar-refractivity contribution in [3.05, 3.63) is 39.4 Å². The Labute approximate surface area is 144 Å². The van der Waals surface area contributed by atoms with Crippen LogP contribution in [0.25, 0.3) is 11.4 Å². The summed E-state index contributed by atoms with van der Waals surface area (Å²) in [5, 5.41) is 11.9. The van der Waals surface area contributed by atoms with Gasteiger partial charge in [0.1, 0.15) is 17.3 Å². The second kappa shape index (κ2) is 5.14. The van der Waals surface area contributed by atoms with Gasteiger partial charge in [-0.3, -0.25) is 4.79 Å². The molecule has 1 aromatic heterocycles. The van der Waals surface area contributed by atoms with E-state index in [1.54, 1.807) is 10.6 Å². The van der Waals surface area contributed by atoms with Gasteiger partial charge in [-0.05, 0) is 52.4 Å². The Hall–Kier alpha value is -2.22. The summed E-state index contributed by atoms with van der Waals surface area (Å²) in [5.74, 6) is -1.50. The molecular formula is C16H13BrFN3O3. The van der Waals surface area contributed by atoms with E-state index in [0.717, 1.165) is 18.4 Å². The van der Waals surface area contributed by atoms with Gasteiger partial charge in [-0.1, -0.05) is 0 Å². The number of carbonyl (C=O) groups is 2. The smallest absolute Gasteiger partial charge is 0.356 e. The fraction of sp³-hybridized carbons (Fsp3) is 0.312. The zero-order chi connectivity index (χ0) is 17.2. The van der Waals surface area contributed by atoms with Gasteiger partial charge in [-0.15, -0.1) is 0 Å². The zero-order valence-electron chi connectivity index (χ0n) is 12.6. The van der Waals surface area contributed by atoms with Gasteiger partial charge < -0.3 is 15.0 Å². The quantitative estimate of drug-likeness (QED) is 0.821. The summed E-state index contributed by atoms with van der Waals surface area (Å²) in [6.07, 6.45) is 1.47. The molecule has 1 fully saturated rings. The molecule has 0 radical (unpaired) electrons. The molecule has 0 unspecified atom stereocenters. The largest absolute Gasteiger partial charge is 0.476 e. The van der Waals surface area contributed by atoms with Crippen molar-refractivity contribution >= 4 is 27.8 Å². The lowest BCUT2D eigenvalue weighted by molar-refractivity contribution is 0.0684. The average molecular weight is 394 g/mol. The number of hydrogen-bond donors (Lipinski definition) is 2. The maximum absolute atomic E-state index is 14.0. The van der Waals surface area contributed by atoms with Crippen LogP contribution < -0.4 is 5.32 Å². The molecule has 0 atom stereocenters. The first-order chi connectivity index (χ1) is 11.4. The van der Waals surface area contributed by atoms with Crippen LogP contribution in [0.1, 0.15) is 51.3 Å². The second-order valence-electron chi connectivity index (χ2n) is 6.06. The minimum atomic E-state index is -1.26. The predicted molar refractivity (Wildman–Crippen MR) is 86.7 cm³/mol. The molecule has 5 rings (SSSR count). The van der Waals surface area contributed by atoms with E-state index in [1.165, 1.54) is 13.1 Å². The molecule has 24 heavy (non-hydrogen) atoms. The van der Waals surface area contributed by atoms with Crippen LogP contribution in [0.3, 0.4) is 0 Å².